The molecule has 3 N–H and O–H groups in total. The van der Waals surface area contributed by atoms with Crippen molar-refractivity contribution in [3.8, 4) is 10.6 Å². The number of benzene rings is 2. The Morgan fingerprint density at radius 1 is 0.893 bits per heavy atom. The number of fused-ring (bicyclic) bond motifs is 1. The smallest absolute Gasteiger partial charge is 0.412 e. The zero-order valence-electron chi connectivity index (χ0n) is 31.5. The largest absolute Gasteiger partial charge is 0.444 e. The van der Waals surface area contributed by atoms with E-state index in [1.54, 1.807) is 65.8 Å². The number of anilines is 3. The minimum atomic E-state index is -4.10. The van der Waals surface area contributed by atoms with Gasteiger partial charge >= 0.3 is 12.2 Å². The van der Waals surface area contributed by atoms with E-state index in [0.717, 1.165) is 16.1 Å². The first-order valence-electron chi connectivity index (χ1n) is 17.6. The maximum absolute atomic E-state index is 14.9. The molecule has 3 amide bonds. The minimum Gasteiger partial charge on any atom is -0.444 e. The van der Waals surface area contributed by atoms with E-state index >= 15 is 0 Å². The number of thiazole rings is 1. The van der Waals surface area contributed by atoms with Crippen LogP contribution in [0.25, 0.3) is 21.6 Å². The lowest BCUT2D eigenvalue weighted by Crippen LogP contribution is -2.49. The number of carbonyl (C=O) groups is 3. The molecular formula is C38H41F2N7O7S2. The van der Waals surface area contributed by atoms with Crippen molar-refractivity contribution in [1.29, 1.82) is 0 Å². The van der Waals surface area contributed by atoms with Gasteiger partial charge in [-0.2, -0.15) is 0 Å². The Morgan fingerprint density at radius 3 is 2.21 bits per heavy atom. The van der Waals surface area contributed by atoms with Gasteiger partial charge in [-0.25, -0.2) is 40.7 Å². The maximum atomic E-state index is 14.9. The fraction of sp³-hybridized carbons (Fsp3) is 0.342. The third-order valence-corrected chi connectivity index (χ3v) is 11.0. The molecule has 1 fully saturated rings. The highest BCUT2D eigenvalue weighted by molar-refractivity contribution is 7.90. The average molecular weight is 810 g/mol. The Hall–Kier alpha value is -5.62. The molecule has 0 aliphatic carbocycles. The fourth-order valence-electron chi connectivity index (χ4n) is 6.10. The van der Waals surface area contributed by atoms with Crippen LogP contribution in [0.3, 0.4) is 0 Å². The van der Waals surface area contributed by atoms with E-state index in [0.29, 0.717) is 41.8 Å². The van der Waals surface area contributed by atoms with Gasteiger partial charge in [0.2, 0.25) is 0 Å². The first kappa shape index (κ1) is 40.1. The molecule has 18 heteroatoms. The lowest BCUT2D eigenvalue weighted by atomic mass is 10.0. The molecule has 1 atom stereocenters. The van der Waals surface area contributed by atoms with Crippen molar-refractivity contribution in [3.05, 3.63) is 84.3 Å². The molecule has 14 nitrogen and oxygen atoms in total. The van der Waals surface area contributed by atoms with E-state index in [1.807, 2.05) is 4.90 Å². The number of amides is 3. The van der Waals surface area contributed by atoms with Gasteiger partial charge in [-0.1, -0.05) is 35.6 Å². The van der Waals surface area contributed by atoms with Gasteiger partial charge in [-0.15, -0.1) is 0 Å². The van der Waals surface area contributed by atoms with E-state index in [2.05, 4.69) is 25.9 Å². The van der Waals surface area contributed by atoms with E-state index in [9.17, 15) is 31.6 Å². The molecule has 3 aromatic heterocycles. The molecule has 4 heterocycles. The summed E-state index contributed by atoms with van der Waals surface area (Å²) in [5.74, 6) is -2.74. The standard InChI is InChI=1S/C38H41F2N7O7S2/c1-37(2,3)53-35(49)42-22-12-11-18-46(21-22)30-24-17-19-47(56(51,52)23-13-8-7-9-14-23)31(24)41-20-27(30)43-32(48)29-34(45-36(50)54-38(4,5)6)55-33(44-29)28-25(39)15-10-16-26(28)40/h7-10,13-17,19-20,22H,11-12,18,21H2,1-6H3,(H,42,49)(H,43,48)(H,45,50). The predicted octanol–water partition coefficient (Wildman–Crippen LogP) is 7.77. The van der Waals surface area contributed by atoms with Crippen LogP contribution in [0.15, 0.2) is 71.9 Å². The number of halogens is 2. The number of hydrogen-bond donors (Lipinski definition) is 3. The van der Waals surface area contributed by atoms with Crippen LogP contribution in [-0.4, -0.2) is 70.8 Å². The third kappa shape index (κ3) is 8.91. The van der Waals surface area contributed by atoms with E-state index in [-0.39, 0.29) is 44.5 Å². The van der Waals surface area contributed by atoms with Crippen molar-refractivity contribution in [3.63, 3.8) is 0 Å². The molecule has 296 valence electrons. The first-order valence-corrected chi connectivity index (χ1v) is 19.9. The molecule has 1 aliphatic heterocycles. The van der Waals surface area contributed by atoms with Gasteiger partial charge in [0.15, 0.2) is 11.3 Å². The highest BCUT2D eigenvalue weighted by atomic mass is 32.2. The van der Waals surface area contributed by atoms with Gasteiger partial charge in [0, 0.05) is 30.7 Å². The number of nitrogens with one attached hydrogen (secondary N) is 3. The molecule has 1 unspecified atom stereocenters. The molecular weight excluding hydrogens is 769 g/mol. The third-order valence-electron chi connectivity index (χ3n) is 8.29. The van der Waals surface area contributed by atoms with Gasteiger partial charge in [0.1, 0.15) is 32.8 Å². The topological polar surface area (TPSA) is 174 Å². The van der Waals surface area contributed by atoms with Crippen LogP contribution < -0.4 is 20.9 Å². The molecule has 5 aromatic rings. The number of piperidine rings is 1. The number of pyridine rings is 1. The molecule has 1 aliphatic rings. The number of alkyl carbamates (subject to hydrolysis) is 1. The molecule has 0 radical (unpaired) electrons. The summed E-state index contributed by atoms with van der Waals surface area (Å²) < 4.78 is 69.3. The highest BCUT2D eigenvalue weighted by Gasteiger charge is 2.31. The van der Waals surface area contributed by atoms with Gasteiger partial charge in [-0.05, 0) is 84.7 Å². The molecule has 56 heavy (non-hydrogen) atoms. The molecule has 1 saturated heterocycles. The second-order valence-electron chi connectivity index (χ2n) is 15.0. The first-order chi connectivity index (χ1) is 26.3. The summed E-state index contributed by atoms with van der Waals surface area (Å²) in [6.07, 6.45) is 2.35. The van der Waals surface area contributed by atoms with Gasteiger partial charge in [0.05, 0.1) is 28.0 Å². The number of ether oxygens (including phenoxy) is 2. The van der Waals surface area contributed by atoms with Crippen molar-refractivity contribution < 1.29 is 41.1 Å². The normalized spacial score (nSPS) is 15.0. The molecule has 0 saturated carbocycles. The summed E-state index contributed by atoms with van der Waals surface area (Å²) in [7, 11) is -4.10. The average Bonchev–Trinajstić information content (AvgIpc) is 3.72. The maximum Gasteiger partial charge on any atom is 0.412 e. The quantitative estimate of drug-likeness (QED) is 0.141. The molecule has 0 spiro atoms. The lowest BCUT2D eigenvalue weighted by molar-refractivity contribution is 0.0499. The Kier molecular flexibility index (Phi) is 11.1. The number of hydrogen-bond acceptors (Lipinski definition) is 11. The molecule has 2 aromatic carbocycles. The van der Waals surface area contributed by atoms with Crippen molar-refractivity contribution in [1.82, 2.24) is 19.3 Å². The number of rotatable bonds is 8. The van der Waals surface area contributed by atoms with Gasteiger partial charge in [0.25, 0.3) is 15.9 Å². The number of carbonyl (C=O) groups excluding carboxylic acids is 3. The van der Waals surface area contributed by atoms with Gasteiger partial charge < -0.3 is 25.0 Å². The number of aromatic nitrogens is 3. The van der Waals surface area contributed by atoms with E-state index in [4.69, 9.17) is 9.47 Å². The summed E-state index contributed by atoms with van der Waals surface area (Å²) in [5, 5.41) is 8.17. The monoisotopic (exact) mass is 809 g/mol. The Labute approximate surface area is 326 Å². The second-order valence-corrected chi connectivity index (χ2v) is 17.8. The Morgan fingerprint density at radius 2 is 1.55 bits per heavy atom. The van der Waals surface area contributed by atoms with Crippen LogP contribution >= 0.6 is 11.3 Å². The minimum absolute atomic E-state index is 0.0356. The Bertz CT molecular complexity index is 2390. The lowest BCUT2D eigenvalue weighted by Gasteiger charge is -2.36. The van der Waals surface area contributed by atoms with Crippen LogP contribution in [-0.2, 0) is 19.5 Å². The van der Waals surface area contributed by atoms with E-state index < -0.39 is 56.5 Å². The van der Waals surface area contributed by atoms with Crippen molar-refractivity contribution in [2.45, 2.75) is 76.5 Å². The fourth-order valence-corrected chi connectivity index (χ4v) is 8.42. The SMILES string of the molecule is CC(C)(C)OC(=O)Nc1sc(-c2c(F)cccc2F)nc1C(=O)Nc1cnc2c(ccn2S(=O)(=O)c2ccccc2)c1N1CCCC(NC(=O)OC(C)(C)C)C1. The molecule has 0 bridgehead atoms. The zero-order valence-corrected chi connectivity index (χ0v) is 33.1. The summed E-state index contributed by atoms with van der Waals surface area (Å²) in [6, 6.07) is 12.3. The summed E-state index contributed by atoms with van der Waals surface area (Å²) >= 11 is 0.671. The van der Waals surface area contributed by atoms with E-state index in [1.165, 1.54) is 30.6 Å². The van der Waals surface area contributed by atoms with Crippen LogP contribution in [0.4, 0.5) is 34.7 Å². The summed E-state index contributed by atoms with van der Waals surface area (Å²) in [6.45, 7) is 10.9. The van der Waals surface area contributed by atoms with Crippen LogP contribution in [0.5, 0.6) is 0 Å². The summed E-state index contributed by atoms with van der Waals surface area (Å²) in [4.78, 5) is 50.5. The van der Waals surface area contributed by atoms with Gasteiger partial charge in [-0.3, -0.25) is 10.1 Å². The van der Waals surface area contributed by atoms with Crippen LogP contribution in [0.2, 0.25) is 0 Å². The highest BCUT2D eigenvalue weighted by Crippen LogP contribution is 2.39. The van der Waals surface area contributed by atoms with Crippen LogP contribution in [0, 0.1) is 11.6 Å². The zero-order chi connectivity index (χ0) is 40.6. The predicted molar refractivity (Wildman–Crippen MR) is 209 cm³/mol. The van der Waals surface area contributed by atoms with Crippen molar-refractivity contribution in [2.24, 2.45) is 0 Å². The number of nitrogens with zero attached hydrogens (tertiary/aromatic N) is 4. The molecule has 6 rings (SSSR count). The Balaban J connectivity index is 1.43. The summed E-state index contributed by atoms with van der Waals surface area (Å²) in [5.41, 5.74) is -1.93. The van der Waals surface area contributed by atoms with Crippen LogP contribution in [0.1, 0.15) is 64.9 Å². The van der Waals surface area contributed by atoms with Crippen molar-refractivity contribution in [2.75, 3.05) is 28.6 Å². The van der Waals surface area contributed by atoms with Crippen molar-refractivity contribution >= 4 is 66.9 Å². The second kappa shape index (κ2) is 15.5.